The highest BCUT2D eigenvalue weighted by atomic mass is 35.5. The van der Waals surface area contributed by atoms with Crippen LogP contribution in [0.15, 0.2) is 59.5 Å². The fourth-order valence-corrected chi connectivity index (χ4v) is 2.84. The van der Waals surface area contributed by atoms with Gasteiger partial charge in [-0.1, -0.05) is 41.9 Å². The third-order valence-corrected chi connectivity index (χ3v) is 3.98. The van der Waals surface area contributed by atoms with Crippen molar-refractivity contribution in [3.63, 3.8) is 0 Å². The topological polar surface area (TPSA) is 26.0 Å². The van der Waals surface area contributed by atoms with E-state index in [9.17, 15) is 0 Å². The van der Waals surface area contributed by atoms with Gasteiger partial charge in [0.25, 0.3) is 0 Å². The van der Waals surface area contributed by atoms with Crippen LogP contribution in [-0.2, 0) is 0 Å². The van der Waals surface area contributed by atoms with Gasteiger partial charge in [-0.25, -0.2) is 0 Å². The largest absolute Gasteiger partial charge is 0.329 e. The summed E-state index contributed by atoms with van der Waals surface area (Å²) in [7, 11) is 0. The Bertz CT molecular complexity index is 473. The Morgan fingerprint density at radius 2 is 1.82 bits per heavy atom. The lowest BCUT2D eigenvalue weighted by atomic mass is 10.1. The summed E-state index contributed by atoms with van der Waals surface area (Å²) in [5, 5.41) is 1.01. The Morgan fingerprint density at radius 3 is 2.47 bits per heavy atom. The van der Waals surface area contributed by atoms with E-state index in [1.54, 1.807) is 11.8 Å². The van der Waals surface area contributed by atoms with E-state index in [0.29, 0.717) is 6.54 Å². The van der Waals surface area contributed by atoms with E-state index in [0.717, 1.165) is 5.02 Å². The summed E-state index contributed by atoms with van der Waals surface area (Å²) in [6.07, 6.45) is 0. The molecule has 17 heavy (non-hydrogen) atoms. The van der Waals surface area contributed by atoms with E-state index in [2.05, 4.69) is 18.2 Å². The smallest absolute Gasteiger partial charge is 0.0467 e. The second kappa shape index (κ2) is 6.10. The molecular weight excluding hydrogens is 250 g/mol. The molecule has 0 bridgehead atoms. The van der Waals surface area contributed by atoms with Crippen LogP contribution >= 0.6 is 23.4 Å². The molecule has 0 spiro atoms. The Labute approximate surface area is 111 Å². The molecule has 1 atom stereocenters. The third kappa shape index (κ3) is 3.50. The number of halogens is 1. The second-order valence-electron chi connectivity index (χ2n) is 3.71. The molecule has 0 aliphatic heterocycles. The molecule has 0 aromatic heterocycles. The lowest BCUT2D eigenvalue weighted by Gasteiger charge is -2.15. The average Bonchev–Trinajstić information content (AvgIpc) is 2.37. The van der Waals surface area contributed by atoms with Crippen molar-refractivity contribution >= 4 is 23.4 Å². The first-order valence-corrected chi connectivity index (χ1v) is 6.72. The van der Waals surface area contributed by atoms with Crippen molar-refractivity contribution in [3.05, 3.63) is 65.2 Å². The third-order valence-electron chi connectivity index (χ3n) is 2.46. The molecule has 88 valence electrons. The Kier molecular flexibility index (Phi) is 4.49. The number of hydrogen-bond donors (Lipinski definition) is 1. The molecule has 2 aromatic carbocycles. The second-order valence-corrected chi connectivity index (χ2v) is 5.42. The number of nitrogens with two attached hydrogens (primary N) is 1. The summed E-state index contributed by atoms with van der Waals surface area (Å²) in [6.45, 7) is 0.597. The molecule has 1 nitrogen and oxygen atoms in total. The molecule has 1 unspecified atom stereocenters. The molecule has 0 radical (unpaired) electrons. The monoisotopic (exact) mass is 263 g/mol. The molecule has 0 amide bonds. The minimum Gasteiger partial charge on any atom is -0.329 e. The highest BCUT2D eigenvalue weighted by Crippen LogP contribution is 2.34. The van der Waals surface area contributed by atoms with Gasteiger partial charge in [0.15, 0.2) is 0 Å². The predicted octanol–water partition coefficient (Wildman–Crippen LogP) is 4.13. The van der Waals surface area contributed by atoms with Crippen molar-refractivity contribution in [2.75, 3.05) is 6.54 Å². The first-order chi connectivity index (χ1) is 8.29. The van der Waals surface area contributed by atoms with E-state index >= 15 is 0 Å². The van der Waals surface area contributed by atoms with Gasteiger partial charge in [0, 0.05) is 21.7 Å². The molecule has 0 fully saturated rings. The SMILES string of the molecule is NCC(Sc1ccccc1)c1cccc(Cl)c1. The molecule has 0 saturated carbocycles. The lowest BCUT2D eigenvalue weighted by Crippen LogP contribution is -2.09. The summed E-state index contributed by atoms with van der Waals surface area (Å²) in [4.78, 5) is 1.22. The van der Waals surface area contributed by atoms with Crippen LogP contribution in [0.3, 0.4) is 0 Å². The fraction of sp³-hybridized carbons (Fsp3) is 0.143. The summed E-state index contributed by atoms with van der Waals surface area (Å²) in [5.74, 6) is 0. The van der Waals surface area contributed by atoms with E-state index in [1.165, 1.54) is 10.5 Å². The molecule has 0 heterocycles. The number of hydrogen-bond acceptors (Lipinski definition) is 2. The number of benzene rings is 2. The summed E-state index contributed by atoms with van der Waals surface area (Å²) in [6, 6.07) is 18.2. The molecule has 2 rings (SSSR count). The van der Waals surface area contributed by atoms with Crippen molar-refractivity contribution in [2.24, 2.45) is 5.73 Å². The Hall–Kier alpha value is -0.960. The molecule has 3 heteroatoms. The van der Waals surface area contributed by atoms with Gasteiger partial charge in [0.1, 0.15) is 0 Å². The molecule has 2 N–H and O–H groups in total. The highest BCUT2D eigenvalue weighted by molar-refractivity contribution is 7.99. The van der Waals surface area contributed by atoms with E-state index in [4.69, 9.17) is 17.3 Å². The van der Waals surface area contributed by atoms with Gasteiger partial charge in [-0.15, -0.1) is 11.8 Å². The predicted molar refractivity (Wildman–Crippen MR) is 75.5 cm³/mol. The molecule has 2 aromatic rings. The summed E-state index contributed by atoms with van der Waals surface area (Å²) < 4.78 is 0. The molecule has 0 aliphatic rings. The van der Waals surface area contributed by atoms with Crippen LogP contribution in [0.1, 0.15) is 10.8 Å². The zero-order chi connectivity index (χ0) is 12.1. The molecular formula is C14H14ClNS. The average molecular weight is 264 g/mol. The summed E-state index contributed by atoms with van der Waals surface area (Å²) >= 11 is 7.77. The van der Waals surface area contributed by atoms with Crippen LogP contribution in [0.25, 0.3) is 0 Å². The van der Waals surface area contributed by atoms with Crippen molar-refractivity contribution in [3.8, 4) is 0 Å². The van der Waals surface area contributed by atoms with Crippen molar-refractivity contribution in [1.82, 2.24) is 0 Å². The van der Waals surface area contributed by atoms with Crippen LogP contribution in [-0.4, -0.2) is 6.54 Å². The Morgan fingerprint density at radius 1 is 1.06 bits per heavy atom. The molecule has 0 aliphatic carbocycles. The first kappa shape index (κ1) is 12.5. The van der Waals surface area contributed by atoms with E-state index in [-0.39, 0.29) is 5.25 Å². The van der Waals surface area contributed by atoms with Gasteiger partial charge in [-0.3, -0.25) is 0 Å². The maximum Gasteiger partial charge on any atom is 0.0467 e. The molecule has 0 saturated heterocycles. The van der Waals surface area contributed by atoms with E-state index in [1.807, 2.05) is 36.4 Å². The van der Waals surface area contributed by atoms with Gasteiger partial charge in [0.05, 0.1) is 0 Å². The van der Waals surface area contributed by atoms with Gasteiger partial charge in [-0.05, 0) is 29.8 Å². The lowest BCUT2D eigenvalue weighted by molar-refractivity contribution is 0.941. The van der Waals surface area contributed by atoms with Crippen LogP contribution in [0.5, 0.6) is 0 Å². The van der Waals surface area contributed by atoms with Gasteiger partial charge < -0.3 is 5.73 Å². The van der Waals surface area contributed by atoms with Crippen LogP contribution in [0, 0.1) is 0 Å². The van der Waals surface area contributed by atoms with Crippen LogP contribution < -0.4 is 5.73 Å². The van der Waals surface area contributed by atoms with Crippen molar-refractivity contribution < 1.29 is 0 Å². The maximum atomic E-state index is 6.00. The maximum absolute atomic E-state index is 6.00. The normalized spacial score (nSPS) is 12.4. The first-order valence-electron chi connectivity index (χ1n) is 5.47. The van der Waals surface area contributed by atoms with Crippen LogP contribution in [0.4, 0.5) is 0 Å². The zero-order valence-corrected chi connectivity index (χ0v) is 10.9. The van der Waals surface area contributed by atoms with Crippen molar-refractivity contribution in [2.45, 2.75) is 10.1 Å². The minimum atomic E-state index is 0.246. The van der Waals surface area contributed by atoms with Gasteiger partial charge in [0.2, 0.25) is 0 Å². The Balaban J connectivity index is 2.17. The van der Waals surface area contributed by atoms with E-state index < -0.39 is 0 Å². The minimum absolute atomic E-state index is 0.246. The quantitative estimate of drug-likeness (QED) is 0.840. The standard InChI is InChI=1S/C14H14ClNS/c15-12-6-4-5-11(9-12)14(10-16)17-13-7-2-1-3-8-13/h1-9,14H,10,16H2. The van der Waals surface area contributed by atoms with Gasteiger partial charge >= 0.3 is 0 Å². The highest BCUT2D eigenvalue weighted by Gasteiger charge is 2.11. The number of rotatable bonds is 4. The zero-order valence-electron chi connectivity index (χ0n) is 9.34. The fourth-order valence-electron chi connectivity index (χ4n) is 1.62. The van der Waals surface area contributed by atoms with Gasteiger partial charge in [-0.2, -0.15) is 0 Å². The number of thioether (sulfide) groups is 1. The van der Waals surface area contributed by atoms with Crippen LogP contribution in [0.2, 0.25) is 5.02 Å². The summed E-state index contributed by atoms with van der Waals surface area (Å²) in [5.41, 5.74) is 7.01. The van der Waals surface area contributed by atoms with Crippen molar-refractivity contribution in [1.29, 1.82) is 0 Å².